The van der Waals surface area contributed by atoms with Gasteiger partial charge in [-0.2, -0.15) is 0 Å². The Morgan fingerprint density at radius 3 is 2.52 bits per heavy atom. The van der Waals surface area contributed by atoms with Crippen LogP contribution < -0.4 is 9.47 Å². The molecule has 2 rings (SSSR count). The van der Waals surface area contributed by atoms with Crippen molar-refractivity contribution in [1.82, 2.24) is 4.90 Å². The number of carbonyl (C=O) groups is 3. The quantitative estimate of drug-likeness (QED) is 0.372. The summed E-state index contributed by atoms with van der Waals surface area (Å²) in [6.45, 7) is 7.90. The molecule has 0 saturated carbocycles. The lowest BCUT2D eigenvalue weighted by Crippen LogP contribution is -2.35. The molecule has 1 aromatic rings. The van der Waals surface area contributed by atoms with Crippen molar-refractivity contribution in [2.75, 3.05) is 19.8 Å². The van der Waals surface area contributed by atoms with Crippen LogP contribution in [0.15, 0.2) is 21.5 Å². The molecule has 1 fully saturated rings. The second kappa shape index (κ2) is 10.7. The molecule has 9 heteroatoms. The minimum atomic E-state index is -0.606. The summed E-state index contributed by atoms with van der Waals surface area (Å²) in [5.41, 5.74) is 0.663. The van der Waals surface area contributed by atoms with Gasteiger partial charge in [0.15, 0.2) is 11.5 Å². The SMILES string of the molecule is CCOc1cc(/C=C2/SC(=O)N(CC(=O)O[C@@H](C)CC)C2=O)cc(Br)c1OCC. The number of halogens is 1. The normalized spacial score (nSPS) is 16.3. The first-order chi connectivity index (χ1) is 13.8. The van der Waals surface area contributed by atoms with Crippen molar-refractivity contribution in [1.29, 1.82) is 0 Å². The molecule has 0 bridgehead atoms. The summed E-state index contributed by atoms with van der Waals surface area (Å²) >= 11 is 4.24. The van der Waals surface area contributed by atoms with Gasteiger partial charge in [0, 0.05) is 0 Å². The predicted molar refractivity (Wildman–Crippen MR) is 115 cm³/mol. The van der Waals surface area contributed by atoms with Crippen LogP contribution in [0.25, 0.3) is 6.08 Å². The Morgan fingerprint density at radius 1 is 1.21 bits per heavy atom. The van der Waals surface area contributed by atoms with Gasteiger partial charge >= 0.3 is 5.97 Å². The van der Waals surface area contributed by atoms with E-state index in [1.807, 2.05) is 20.8 Å². The van der Waals surface area contributed by atoms with Gasteiger partial charge in [0.2, 0.25) is 0 Å². The maximum Gasteiger partial charge on any atom is 0.326 e. The zero-order chi connectivity index (χ0) is 21.6. The first-order valence-electron chi connectivity index (χ1n) is 9.34. The van der Waals surface area contributed by atoms with Gasteiger partial charge in [-0.05, 0) is 78.7 Å². The van der Waals surface area contributed by atoms with Gasteiger partial charge in [-0.3, -0.25) is 19.3 Å². The number of hydrogen-bond acceptors (Lipinski definition) is 7. The largest absolute Gasteiger partial charge is 0.490 e. The molecule has 1 aliphatic rings. The van der Waals surface area contributed by atoms with Gasteiger partial charge in [-0.1, -0.05) is 6.92 Å². The van der Waals surface area contributed by atoms with E-state index < -0.39 is 23.7 Å². The van der Waals surface area contributed by atoms with E-state index in [1.54, 1.807) is 25.1 Å². The highest BCUT2D eigenvalue weighted by atomic mass is 79.9. The molecular weight excluding hydrogens is 462 g/mol. The summed E-state index contributed by atoms with van der Waals surface area (Å²) in [6, 6.07) is 3.52. The van der Waals surface area contributed by atoms with Crippen LogP contribution in [-0.2, 0) is 14.3 Å². The van der Waals surface area contributed by atoms with E-state index in [4.69, 9.17) is 14.2 Å². The highest BCUT2D eigenvalue weighted by Crippen LogP contribution is 2.39. The third kappa shape index (κ3) is 5.99. The Labute approximate surface area is 182 Å². The number of hydrogen-bond donors (Lipinski definition) is 0. The molecule has 29 heavy (non-hydrogen) atoms. The molecule has 2 amide bonds. The molecule has 1 atom stereocenters. The molecule has 158 valence electrons. The third-order valence-electron chi connectivity index (χ3n) is 3.99. The Balaban J connectivity index is 2.23. The highest BCUT2D eigenvalue weighted by molar-refractivity contribution is 9.10. The molecule has 1 aliphatic heterocycles. The molecule has 1 heterocycles. The topological polar surface area (TPSA) is 82.1 Å². The first-order valence-corrected chi connectivity index (χ1v) is 11.0. The van der Waals surface area contributed by atoms with Crippen molar-refractivity contribution in [3.63, 3.8) is 0 Å². The maximum atomic E-state index is 12.6. The monoisotopic (exact) mass is 485 g/mol. The molecular formula is C20H24BrNO6S. The van der Waals surface area contributed by atoms with Crippen LogP contribution in [0.3, 0.4) is 0 Å². The summed E-state index contributed by atoms with van der Waals surface area (Å²) in [7, 11) is 0. The Bertz CT molecular complexity index is 825. The number of imide groups is 1. The molecule has 0 radical (unpaired) electrons. The van der Waals surface area contributed by atoms with Crippen molar-refractivity contribution in [3.05, 3.63) is 27.1 Å². The molecule has 0 aromatic heterocycles. The second-order valence-corrected chi connectivity index (χ2v) is 8.02. The van der Waals surface area contributed by atoms with E-state index in [0.29, 0.717) is 41.2 Å². The second-order valence-electron chi connectivity index (χ2n) is 6.17. The van der Waals surface area contributed by atoms with Crippen molar-refractivity contribution in [2.45, 2.75) is 40.2 Å². The van der Waals surface area contributed by atoms with E-state index in [9.17, 15) is 14.4 Å². The fraction of sp³-hybridized carbons (Fsp3) is 0.450. The fourth-order valence-electron chi connectivity index (χ4n) is 2.48. The van der Waals surface area contributed by atoms with Crippen LogP contribution in [-0.4, -0.2) is 47.9 Å². The van der Waals surface area contributed by atoms with Crippen molar-refractivity contribution in [2.24, 2.45) is 0 Å². The van der Waals surface area contributed by atoms with Gasteiger partial charge < -0.3 is 14.2 Å². The summed E-state index contributed by atoms with van der Waals surface area (Å²) in [6.07, 6.45) is 1.98. The Kier molecular flexibility index (Phi) is 8.58. The van der Waals surface area contributed by atoms with E-state index in [0.717, 1.165) is 16.7 Å². The predicted octanol–water partition coefficient (Wildman–Crippen LogP) is 4.62. The molecule has 0 spiro atoms. The van der Waals surface area contributed by atoms with Crippen LogP contribution in [0.5, 0.6) is 11.5 Å². The van der Waals surface area contributed by atoms with E-state index in [1.165, 1.54) is 0 Å². The number of ether oxygens (including phenoxy) is 3. The third-order valence-corrected chi connectivity index (χ3v) is 5.48. The first kappa shape index (κ1) is 23.3. The molecule has 0 unspecified atom stereocenters. The lowest BCUT2D eigenvalue weighted by molar-refractivity contribution is -0.150. The Hall–Kier alpha value is -2.00. The van der Waals surface area contributed by atoms with E-state index in [-0.39, 0.29) is 11.0 Å². The zero-order valence-electron chi connectivity index (χ0n) is 16.8. The number of benzene rings is 1. The van der Waals surface area contributed by atoms with Gasteiger partial charge in [0.05, 0.1) is 28.7 Å². The average molecular weight is 486 g/mol. The van der Waals surface area contributed by atoms with Gasteiger partial charge in [-0.15, -0.1) is 0 Å². The molecule has 7 nitrogen and oxygen atoms in total. The molecule has 1 saturated heterocycles. The van der Waals surface area contributed by atoms with Crippen molar-refractivity contribution in [3.8, 4) is 11.5 Å². The van der Waals surface area contributed by atoms with Crippen LogP contribution in [0.4, 0.5) is 4.79 Å². The maximum absolute atomic E-state index is 12.6. The number of carbonyl (C=O) groups excluding carboxylic acids is 3. The number of thioether (sulfide) groups is 1. The number of esters is 1. The van der Waals surface area contributed by atoms with E-state index in [2.05, 4.69) is 15.9 Å². The van der Waals surface area contributed by atoms with Crippen LogP contribution in [0, 0.1) is 0 Å². The number of amides is 2. The summed E-state index contributed by atoms with van der Waals surface area (Å²) < 4.78 is 17.1. The fourth-order valence-corrected chi connectivity index (χ4v) is 3.89. The minimum Gasteiger partial charge on any atom is -0.490 e. The minimum absolute atomic E-state index is 0.227. The van der Waals surface area contributed by atoms with Gasteiger partial charge in [0.1, 0.15) is 6.54 Å². The van der Waals surface area contributed by atoms with Gasteiger partial charge in [-0.25, -0.2) is 0 Å². The van der Waals surface area contributed by atoms with Crippen LogP contribution in [0.1, 0.15) is 39.7 Å². The summed E-state index contributed by atoms with van der Waals surface area (Å²) in [5, 5.41) is -0.502. The van der Waals surface area contributed by atoms with Crippen LogP contribution in [0.2, 0.25) is 0 Å². The van der Waals surface area contributed by atoms with E-state index >= 15 is 0 Å². The smallest absolute Gasteiger partial charge is 0.326 e. The number of nitrogens with zero attached hydrogens (tertiary/aromatic N) is 1. The standard InChI is InChI=1S/C20H24BrNO6S/c1-5-12(4)28-17(23)11-22-19(24)16(29-20(22)25)10-13-8-14(21)18(27-7-3)15(9-13)26-6-2/h8-10,12H,5-7,11H2,1-4H3/b16-10+/t12-/m0/s1. The number of rotatable bonds is 9. The zero-order valence-corrected chi connectivity index (χ0v) is 19.2. The summed E-state index contributed by atoms with van der Waals surface area (Å²) in [4.78, 5) is 37.9. The lowest BCUT2D eigenvalue weighted by Gasteiger charge is -2.15. The molecule has 0 N–H and O–H groups in total. The summed E-state index contributed by atoms with van der Waals surface area (Å²) in [5.74, 6) is -0.0202. The van der Waals surface area contributed by atoms with Crippen molar-refractivity contribution >= 4 is 50.9 Å². The van der Waals surface area contributed by atoms with Gasteiger partial charge in [0.25, 0.3) is 11.1 Å². The molecule has 1 aromatic carbocycles. The highest BCUT2D eigenvalue weighted by Gasteiger charge is 2.37. The van der Waals surface area contributed by atoms with Crippen molar-refractivity contribution < 1.29 is 28.6 Å². The average Bonchev–Trinajstić information content (AvgIpc) is 2.92. The van der Waals surface area contributed by atoms with Crippen LogP contribution >= 0.6 is 27.7 Å². The Morgan fingerprint density at radius 2 is 1.90 bits per heavy atom. The molecule has 0 aliphatic carbocycles. The lowest BCUT2D eigenvalue weighted by atomic mass is 10.2.